The third-order valence-corrected chi connectivity index (χ3v) is 7.09. The number of hydrogen-bond acceptors (Lipinski definition) is 3. The summed E-state index contributed by atoms with van der Waals surface area (Å²) >= 11 is 1.37. The van der Waals surface area contributed by atoms with Gasteiger partial charge in [0.25, 0.3) is 0 Å². The van der Waals surface area contributed by atoms with Gasteiger partial charge in [-0.3, -0.25) is 9.59 Å². The van der Waals surface area contributed by atoms with Gasteiger partial charge in [0.15, 0.2) is 0 Å². The molecule has 1 saturated heterocycles. The summed E-state index contributed by atoms with van der Waals surface area (Å²) < 4.78 is 12.9. The standard InChI is InChI=1S/C21H29FN2O2S/c1-14-11-12-24(19-6-4-3-5-18(14)19)21(26)15(2)27-13-20(25)23-17-9-7-16(22)8-10-17/h7-10,14-15,18-19H,3-6,11-13H2,1-2H3,(H,23,25). The van der Waals surface area contributed by atoms with Crippen LogP contribution in [-0.4, -0.2) is 40.3 Å². The zero-order valence-corrected chi connectivity index (χ0v) is 16.9. The highest BCUT2D eigenvalue weighted by Gasteiger charge is 2.40. The molecular formula is C21H29FN2O2S. The van der Waals surface area contributed by atoms with Gasteiger partial charge in [-0.1, -0.05) is 19.8 Å². The summed E-state index contributed by atoms with van der Waals surface area (Å²) in [5.41, 5.74) is 0.566. The minimum absolute atomic E-state index is 0.165. The van der Waals surface area contributed by atoms with Crippen LogP contribution in [0.3, 0.4) is 0 Å². The van der Waals surface area contributed by atoms with Crippen LogP contribution in [0.5, 0.6) is 0 Å². The number of rotatable bonds is 5. The lowest BCUT2D eigenvalue weighted by Crippen LogP contribution is -2.54. The van der Waals surface area contributed by atoms with Crippen molar-refractivity contribution in [1.82, 2.24) is 4.90 Å². The summed E-state index contributed by atoms with van der Waals surface area (Å²) in [5, 5.41) is 2.51. The van der Waals surface area contributed by atoms with E-state index in [-0.39, 0.29) is 28.6 Å². The van der Waals surface area contributed by atoms with Gasteiger partial charge in [-0.2, -0.15) is 0 Å². The molecule has 1 aromatic carbocycles. The molecule has 3 rings (SSSR count). The van der Waals surface area contributed by atoms with E-state index in [2.05, 4.69) is 17.1 Å². The maximum atomic E-state index is 13.0. The van der Waals surface area contributed by atoms with E-state index in [0.29, 0.717) is 23.6 Å². The van der Waals surface area contributed by atoms with Gasteiger partial charge in [0, 0.05) is 18.3 Å². The zero-order valence-electron chi connectivity index (χ0n) is 16.1. The fourth-order valence-corrected chi connectivity index (χ4v) is 5.17. The molecule has 148 valence electrons. The van der Waals surface area contributed by atoms with Crippen LogP contribution in [0.1, 0.15) is 46.0 Å². The van der Waals surface area contributed by atoms with E-state index in [1.54, 1.807) is 0 Å². The maximum Gasteiger partial charge on any atom is 0.235 e. The first kappa shape index (κ1) is 20.2. The predicted molar refractivity (Wildman–Crippen MR) is 108 cm³/mol. The summed E-state index contributed by atoms with van der Waals surface area (Å²) in [6.07, 6.45) is 5.91. The number of nitrogens with one attached hydrogen (secondary N) is 1. The number of likely N-dealkylation sites (tertiary alicyclic amines) is 1. The Balaban J connectivity index is 1.51. The number of nitrogens with zero attached hydrogens (tertiary/aromatic N) is 1. The number of piperidine rings is 1. The Morgan fingerprint density at radius 1 is 1.22 bits per heavy atom. The van der Waals surface area contributed by atoms with Crippen molar-refractivity contribution in [2.75, 3.05) is 17.6 Å². The Labute approximate surface area is 165 Å². The average Bonchev–Trinajstić information content (AvgIpc) is 2.68. The first-order chi connectivity index (χ1) is 13.0. The zero-order chi connectivity index (χ0) is 19.4. The minimum atomic E-state index is -0.335. The number of hydrogen-bond donors (Lipinski definition) is 1. The number of benzene rings is 1. The lowest BCUT2D eigenvalue weighted by molar-refractivity contribution is -0.138. The van der Waals surface area contributed by atoms with E-state index in [1.807, 2.05) is 6.92 Å². The molecule has 0 spiro atoms. The summed E-state index contributed by atoms with van der Waals surface area (Å²) in [7, 11) is 0. The molecule has 0 radical (unpaired) electrons. The smallest absolute Gasteiger partial charge is 0.235 e. The van der Waals surface area contributed by atoms with Gasteiger partial charge >= 0.3 is 0 Å². The van der Waals surface area contributed by atoms with Crippen LogP contribution < -0.4 is 5.32 Å². The Morgan fingerprint density at radius 3 is 2.67 bits per heavy atom. The first-order valence-electron chi connectivity index (χ1n) is 9.93. The Bertz CT molecular complexity index is 667. The fraction of sp³-hybridized carbons (Fsp3) is 0.619. The molecule has 4 unspecified atom stereocenters. The number of thioether (sulfide) groups is 1. The molecule has 4 atom stereocenters. The SMILES string of the molecule is CC(SCC(=O)Nc1ccc(F)cc1)C(=O)N1CCC(C)C2CCCCC21. The monoisotopic (exact) mass is 392 g/mol. The van der Waals surface area contributed by atoms with Gasteiger partial charge in [0.2, 0.25) is 11.8 Å². The molecule has 1 aromatic rings. The molecule has 6 heteroatoms. The number of fused-ring (bicyclic) bond motifs is 1. The van der Waals surface area contributed by atoms with E-state index >= 15 is 0 Å². The van der Waals surface area contributed by atoms with Crippen LogP contribution in [0, 0.1) is 17.7 Å². The topological polar surface area (TPSA) is 49.4 Å². The van der Waals surface area contributed by atoms with E-state index in [1.165, 1.54) is 55.3 Å². The van der Waals surface area contributed by atoms with Gasteiger partial charge in [-0.05, 0) is 62.3 Å². The predicted octanol–water partition coefficient (Wildman–Crippen LogP) is 4.31. The summed E-state index contributed by atoms with van der Waals surface area (Å²) in [6, 6.07) is 6.07. The Kier molecular flexibility index (Phi) is 6.79. The summed E-state index contributed by atoms with van der Waals surface area (Å²) in [4.78, 5) is 27.2. The third kappa shape index (κ3) is 5.03. The van der Waals surface area contributed by atoms with Crippen LogP contribution >= 0.6 is 11.8 Å². The van der Waals surface area contributed by atoms with Crippen LogP contribution in [0.25, 0.3) is 0 Å². The lowest BCUT2D eigenvalue weighted by Gasteiger charge is -2.48. The molecule has 1 heterocycles. The van der Waals surface area contributed by atoms with E-state index in [0.717, 1.165) is 19.4 Å². The van der Waals surface area contributed by atoms with Crippen LogP contribution in [0.4, 0.5) is 10.1 Å². The second kappa shape index (κ2) is 9.09. The van der Waals surface area contributed by atoms with Gasteiger partial charge in [-0.15, -0.1) is 11.8 Å². The van der Waals surface area contributed by atoms with E-state index in [9.17, 15) is 14.0 Å². The minimum Gasteiger partial charge on any atom is -0.338 e. The van der Waals surface area contributed by atoms with Gasteiger partial charge in [-0.25, -0.2) is 4.39 Å². The second-order valence-electron chi connectivity index (χ2n) is 7.82. The van der Waals surface area contributed by atoms with E-state index < -0.39 is 0 Å². The van der Waals surface area contributed by atoms with Crippen molar-refractivity contribution >= 4 is 29.3 Å². The summed E-state index contributed by atoms with van der Waals surface area (Å²) in [6.45, 7) is 5.06. The van der Waals surface area contributed by atoms with Gasteiger partial charge < -0.3 is 10.2 Å². The molecule has 2 amide bonds. The summed E-state index contributed by atoms with van der Waals surface area (Å²) in [5.74, 6) is 1.20. The number of anilines is 1. The highest BCUT2D eigenvalue weighted by Crippen LogP contribution is 2.39. The highest BCUT2D eigenvalue weighted by atomic mass is 32.2. The molecule has 4 nitrogen and oxygen atoms in total. The number of carbonyl (C=O) groups excluding carboxylic acids is 2. The van der Waals surface area contributed by atoms with Crippen molar-refractivity contribution in [2.45, 2.75) is 57.2 Å². The third-order valence-electron chi connectivity index (χ3n) is 5.96. The van der Waals surface area contributed by atoms with Crippen LogP contribution in [-0.2, 0) is 9.59 Å². The number of halogens is 1. The van der Waals surface area contributed by atoms with Crippen molar-refractivity contribution in [3.8, 4) is 0 Å². The molecule has 1 aliphatic carbocycles. The van der Waals surface area contributed by atoms with Gasteiger partial charge in [0.05, 0.1) is 11.0 Å². The molecule has 1 aliphatic heterocycles. The van der Waals surface area contributed by atoms with Crippen molar-refractivity contribution in [3.63, 3.8) is 0 Å². The number of carbonyl (C=O) groups is 2. The van der Waals surface area contributed by atoms with Crippen molar-refractivity contribution in [2.24, 2.45) is 11.8 Å². The average molecular weight is 393 g/mol. The van der Waals surface area contributed by atoms with Crippen molar-refractivity contribution in [1.29, 1.82) is 0 Å². The second-order valence-corrected chi connectivity index (χ2v) is 9.15. The Hall–Kier alpha value is -1.56. The number of amides is 2. The molecule has 27 heavy (non-hydrogen) atoms. The molecule has 2 aliphatic rings. The quantitative estimate of drug-likeness (QED) is 0.812. The molecule has 1 N–H and O–H groups in total. The van der Waals surface area contributed by atoms with Gasteiger partial charge in [0.1, 0.15) is 5.82 Å². The molecular weight excluding hydrogens is 363 g/mol. The van der Waals surface area contributed by atoms with Crippen LogP contribution in [0.15, 0.2) is 24.3 Å². The maximum absolute atomic E-state index is 13.0. The molecule has 0 aromatic heterocycles. The fourth-order valence-electron chi connectivity index (χ4n) is 4.42. The first-order valence-corrected chi connectivity index (χ1v) is 11.0. The molecule has 2 fully saturated rings. The highest BCUT2D eigenvalue weighted by molar-refractivity contribution is 8.01. The largest absolute Gasteiger partial charge is 0.338 e. The van der Waals surface area contributed by atoms with E-state index in [4.69, 9.17) is 0 Å². The van der Waals surface area contributed by atoms with Crippen molar-refractivity contribution in [3.05, 3.63) is 30.1 Å². The van der Waals surface area contributed by atoms with Crippen LogP contribution in [0.2, 0.25) is 0 Å². The Morgan fingerprint density at radius 2 is 1.93 bits per heavy atom. The molecule has 1 saturated carbocycles. The van der Waals surface area contributed by atoms with Crippen molar-refractivity contribution < 1.29 is 14.0 Å². The molecule has 0 bridgehead atoms. The normalized spacial score (nSPS) is 26.2. The lowest BCUT2D eigenvalue weighted by atomic mass is 9.72.